The summed E-state index contributed by atoms with van der Waals surface area (Å²) in [5, 5.41) is 13.8. The van der Waals surface area contributed by atoms with E-state index in [0.717, 1.165) is 0 Å². The average Bonchev–Trinajstić information content (AvgIpc) is 1.82. The molecule has 8 rings (SSSR count). The fourth-order valence-corrected chi connectivity index (χ4v) is 18.8. The maximum Gasteiger partial charge on any atom is 0.0431 e. The third kappa shape index (κ3) is 12.0. The molecule has 0 radical (unpaired) electrons. The highest BCUT2D eigenvalue weighted by Crippen LogP contribution is 2.51. The zero-order valence-electron chi connectivity index (χ0n) is 54.8. The van der Waals surface area contributed by atoms with E-state index < -0.39 is 15.8 Å². The van der Waals surface area contributed by atoms with Crippen LogP contribution < -0.4 is 51.4 Å². The van der Waals surface area contributed by atoms with Crippen LogP contribution in [0.4, 0.5) is 22.7 Å². The van der Waals surface area contributed by atoms with Crippen LogP contribution in [0.5, 0.6) is 0 Å². The first kappa shape index (κ1) is 62.4. The summed E-state index contributed by atoms with van der Waals surface area (Å²) < 4.78 is 0. The highest BCUT2D eigenvalue weighted by atomic mass is 31.1. The molecule has 0 aromatic heterocycles. The Labute approximate surface area is 500 Å². The summed E-state index contributed by atoms with van der Waals surface area (Å²) in [6.07, 6.45) is 0. The van der Waals surface area contributed by atoms with Gasteiger partial charge in [0.15, 0.2) is 0 Å². The Hall–Kier alpha value is -5.66. The molecule has 8 aromatic carbocycles. The zero-order valence-corrected chi connectivity index (χ0v) is 56.6. The molecule has 0 unspecified atom stereocenters. The minimum absolute atomic E-state index is 0.296. The lowest BCUT2D eigenvalue weighted by molar-refractivity contribution is 0.824. The molecule has 0 N–H and O–H groups in total. The summed E-state index contributed by atoms with van der Waals surface area (Å²) in [4.78, 5) is 9.57. The van der Waals surface area contributed by atoms with Crippen molar-refractivity contribution in [2.75, 3.05) is 76.0 Å². The first-order chi connectivity index (χ1) is 38.7. The van der Waals surface area contributed by atoms with Gasteiger partial charge in [-0.25, -0.2) is 0 Å². The van der Waals surface area contributed by atoms with Gasteiger partial charge in [-0.15, -0.1) is 0 Å². The number of hydrogen-bond acceptors (Lipinski definition) is 4. The van der Waals surface area contributed by atoms with Crippen LogP contribution >= 0.6 is 15.8 Å². The van der Waals surface area contributed by atoms with E-state index in [2.05, 4.69) is 308 Å². The quantitative estimate of drug-likeness (QED) is 0.0748. The second kappa shape index (κ2) is 25.3. The van der Waals surface area contributed by atoms with Crippen LogP contribution in [0.2, 0.25) is 0 Å². The summed E-state index contributed by atoms with van der Waals surface area (Å²) in [7, 11) is 15.4. The number of hydrogen-bond donors (Lipinski definition) is 0. The van der Waals surface area contributed by atoms with Gasteiger partial charge in [0, 0.05) is 84.4 Å². The van der Waals surface area contributed by atoms with Gasteiger partial charge in [-0.2, -0.15) is 0 Å². The lowest BCUT2D eigenvalue weighted by atomic mass is 9.92. The van der Waals surface area contributed by atoms with E-state index in [-0.39, 0.29) is 0 Å². The van der Waals surface area contributed by atoms with Crippen LogP contribution in [0.25, 0.3) is 32.7 Å². The minimum Gasteiger partial charge on any atom is -0.377 e. The molecule has 0 heterocycles. The largest absolute Gasteiger partial charge is 0.377 e. The van der Waals surface area contributed by atoms with Gasteiger partial charge < -0.3 is 19.6 Å². The van der Waals surface area contributed by atoms with Crippen molar-refractivity contribution in [1.82, 2.24) is 0 Å². The van der Waals surface area contributed by atoms with Crippen molar-refractivity contribution in [2.45, 2.75) is 158 Å². The zero-order chi connectivity index (χ0) is 60.1. The lowest BCUT2D eigenvalue weighted by Gasteiger charge is -2.36. The SMILES string of the molecule is CC(C)c1cc(P(c2cc(C(C)C)c(N(C)C)c(C(C)C)c2)c2cc3ccccc3c(-c3cccc4ccccc34)c2P(c2cc(C(C)C)c(N(C)C)c(C(C)C)c2)c2cc(C(C)C)c(N(C)C)c(C(C)C)c2)cc(C(C)C)c1N(C)C. The van der Waals surface area contributed by atoms with Crippen molar-refractivity contribution >= 4 is 92.0 Å². The maximum atomic E-state index is 2.70. The number of anilines is 4. The third-order valence-electron chi connectivity index (χ3n) is 16.9. The fraction of sp³-hybridized carbons (Fsp3) is 0.421. The molecule has 0 amide bonds. The van der Waals surface area contributed by atoms with E-state index in [9.17, 15) is 0 Å². The topological polar surface area (TPSA) is 13.0 Å². The number of nitrogens with zero attached hydrogens (tertiary/aromatic N) is 4. The average molecular weight is 1130 g/mol. The molecule has 8 aromatic rings. The molecule has 0 atom stereocenters. The standard InChI is InChI=1S/C76H100N4P2/c1-45(2)62-37-55(38-63(46(3)4)72(62)77(17)18)81(56-39-64(47(5)6)73(78(19)20)65(40-56)48(7)8)70-36-54-31-26-28-34-60(54)71(61-35-29-32-53-30-25-27-33-59(53)61)76(70)82(57-41-66(49(9)10)74(79(21)22)67(42-57)50(11)12)58-43-68(51(13)14)75(80(23)24)69(44-58)52(15)16/h25-52H,1-24H3. The summed E-state index contributed by atoms with van der Waals surface area (Å²) in [6.45, 7) is 38.5. The van der Waals surface area contributed by atoms with Crippen LogP contribution in [-0.4, -0.2) is 56.4 Å². The number of fused-ring (bicyclic) bond motifs is 2. The van der Waals surface area contributed by atoms with Crippen molar-refractivity contribution in [2.24, 2.45) is 0 Å². The summed E-state index contributed by atoms with van der Waals surface area (Å²) in [5.41, 5.74) is 19.4. The Bertz CT molecular complexity index is 3320. The molecule has 434 valence electrons. The Balaban J connectivity index is 1.78. The summed E-state index contributed by atoms with van der Waals surface area (Å²) in [6, 6.07) is 49.7. The minimum atomic E-state index is -1.33. The van der Waals surface area contributed by atoms with E-state index in [1.807, 2.05) is 0 Å². The normalized spacial score (nSPS) is 12.3. The molecule has 0 aliphatic heterocycles. The van der Waals surface area contributed by atoms with Gasteiger partial charge in [-0.3, -0.25) is 0 Å². The van der Waals surface area contributed by atoms with Crippen molar-refractivity contribution in [1.29, 1.82) is 0 Å². The van der Waals surface area contributed by atoms with Gasteiger partial charge >= 0.3 is 0 Å². The van der Waals surface area contributed by atoms with Gasteiger partial charge in [0.05, 0.1) is 0 Å². The van der Waals surface area contributed by atoms with Crippen molar-refractivity contribution < 1.29 is 0 Å². The molecule has 0 fully saturated rings. The summed E-state index contributed by atoms with van der Waals surface area (Å²) in [5.74, 6) is 2.40. The summed E-state index contributed by atoms with van der Waals surface area (Å²) >= 11 is 0. The molecule has 6 heteroatoms. The van der Waals surface area contributed by atoms with Crippen LogP contribution in [0, 0.1) is 0 Å². The third-order valence-corrected chi connectivity index (χ3v) is 22.0. The molecule has 0 saturated heterocycles. The van der Waals surface area contributed by atoms with E-state index in [4.69, 9.17) is 0 Å². The Kier molecular flexibility index (Phi) is 19.2. The van der Waals surface area contributed by atoms with Crippen LogP contribution in [0.15, 0.2) is 121 Å². The lowest BCUT2D eigenvalue weighted by Crippen LogP contribution is -2.37. The fourth-order valence-electron chi connectivity index (χ4n) is 13.0. The number of rotatable bonds is 19. The van der Waals surface area contributed by atoms with Crippen LogP contribution in [0.1, 0.15) is 203 Å². The predicted octanol–water partition coefficient (Wildman–Crippen LogP) is 18.4. The Morgan fingerprint density at radius 2 is 0.549 bits per heavy atom. The van der Waals surface area contributed by atoms with Gasteiger partial charge in [0.1, 0.15) is 0 Å². The molecular formula is C76H100N4P2. The monoisotopic (exact) mass is 1130 g/mol. The molecule has 0 aliphatic carbocycles. The van der Waals surface area contributed by atoms with Crippen LogP contribution in [-0.2, 0) is 0 Å². The van der Waals surface area contributed by atoms with Crippen molar-refractivity contribution in [3.63, 3.8) is 0 Å². The second-order valence-corrected chi connectivity index (χ2v) is 31.1. The van der Waals surface area contributed by atoms with Gasteiger partial charge in [-0.1, -0.05) is 178 Å². The van der Waals surface area contributed by atoms with E-state index in [0.29, 0.717) is 47.3 Å². The van der Waals surface area contributed by atoms with E-state index in [1.54, 1.807) is 0 Å². The van der Waals surface area contributed by atoms with E-state index >= 15 is 0 Å². The van der Waals surface area contributed by atoms with E-state index in [1.165, 1.54) is 132 Å². The molecule has 0 saturated carbocycles. The molecule has 4 nitrogen and oxygen atoms in total. The first-order valence-corrected chi connectivity index (χ1v) is 33.4. The molecular weight excluding hydrogens is 1030 g/mol. The van der Waals surface area contributed by atoms with Gasteiger partial charge in [0.2, 0.25) is 0 Å². The van der Waals surface area contributed by atoms with Crippen molar-refractivity contribution in [3.05, 3.63) is 166 Å². The molecule has 0 bridgehead atoms. The van der Waals surface area contributed by atoms with Crippen molar-refractivity contribution in [3.8, 4) is 11.1 Å². The van der Waals surface area contributed by atoms with Gasteiger partial charge in [-0.05, 0) is 221 Å². The van der Waals surface area contributed by atoms with Gasteiger partial charge in [0.25, 0.3) is 0 Å². The predicted molar refractivity (Wildman–Crippen MR) is 374 cm³/mol. The Morgan fingerprint density at radius 3 is 0.854 bits per heavy atom. The second-order valence-electron chi connectivity index (χ2n) is 26.7. The highest BCUT2D eigenvalue weighted by molar-refractivity contribution is 7.85. The Morgan fingerprint density at radius 1 is 0.280 bits per heavy atom. The molecule has 82 heavy (non-hydrogen) atoms. The number of benzene rings is 8. The highest BCUT2D eigenvalue weighted by Gasteiger charge is 2.36. The molecule has 0 aliphatic rings. The smallest absolute Gasteiger partial charge is 0.0431 e. The first-order valence-electron chi connectivity index (χ1n) is 30.7. The molecule has 0 spiro atoms. The van der Waals surface area contributed by atoms with Crippen LogP contribution in [0.3, 0.4) is 0 Å². The maximum absolute atomic E-state index is 2.70.